The Bertz CT molecular complexity index is 1500. The van der Waals surface area contributed by atoms with E-state index < -0.39 is 0 Å². The summed E-state index contributed by atoms with van der Waals surface area (Å²) in [7, 11) is 0. The number of imidazole rings is 1. The molecule has 0 amide bonds. The monoisotopic (exact) mass is 444 g/mol. The third-order valence-corrected chi connectivity index (χ3v) is 5.71. The molecule has 0 fully saturated rings. The van der Waals surface area contributed by atoms with E-state index in [-0.39, 0.29) is 23.6 Å². The summed E-state index contributed by atoms with van der Waals surface area (Å²) in [6.45, 7) is 8.24. The van der Waals surface area contributed by atoms with Crippen molar-refractivity contribution in [1.82, 2.24) is 18.9 Å². The maximum atomic E-state index is 13.4. The van der Waals surface area contributed by atoms with Crippen molar-refractivity contribution in [3.05, 3.63) is 71.9 Å². The van der Waals surface area contributed by atoms with Gasteiger partial charge in [0.15, 0.2) is 11.4 Å². The Kier molecular flexibility index (Phi) is 5.12. The number of halogens is 1. The van der Waals surface area contributed by atoms with Crippen LogP contribution in [0.2, 0.25) is 0 Å². The molecule has 0 aliphatic heterocycles. The zero-order valence-electron chi connectivity index (χ0n) is 19.0. The van der Waals surface area contributed by atoms with Gasteiger partial charge in [0.25, 0.3) is 0 Å². The predicted octanol–water partition coefficient (Wildman–Crippen LogP) is 5.71. The summed E-state index contributed by atoms with van der Waals surface area (Å²) in [5.41, 5.74) is 4.10. The summed E-state index contributed by atoms with van der Waals surface area (Å²) in [4.78, 5) is 22.5. The van der Waals surface area contributed by atoms with E-state index in [0.717, 1.165) is 22.4 Å². The molecule has 0 saturated heterocycles. The predicted molar refractivity (Wildman–Crippen MR) is 126 cm³/mol. The van der Waals surface area contributed by atoms with Crippen LogP contribution in [0.25, 0.3) is 27.7 Å². The quantitative estimate of drug-likeness (QED) is 0.326. The standard InChI is InChI=1S/C26H25FN4O2/c1-15(2)23-29-24-22(25-28-19-7-5-6-8-20(19)31(23)25)21(33-26(32)16(3)4)14-30(24)13-17-9-11-18(27)12-10-17/h5-12,14-16H,13H2,1-4H3. The fraction of sp³-hybridized carbons (Fsp3) is 0.269. The van der Waals surface area contributed by atoms with E-state index in [0.29, 0.717) is 29.0 Å². The molecule has 3 aromatic heterocycles. The van der Waals surface area contributed by atoms with Gasteiger partial charge in [-0.3, -0.25) is 9.20 Å². The molecule has 0 N–H and O–H groups in total. The number of hydrogen-bond acceptors (Lipinski definition) is 4. The van der Waals surface area contributed by atoms with Crippen LogP contribution in [0.3, 0.4) is 0 Å². The minimum atomic E-state index is -0.321. The van der Waals surface area contributed by atoms with Crippen molar-refractivity contribution in [3.63, 3.8) is 0 Å². The SMILES string of the molecule is CC(C)C(=O)Oc1cn(Cc2ccc(F)cc2)c2nc(C(C)C)n3c4ccccc4nc3c12. The summed E-state index contributed by atoms with van der Waals surface area (Å²) in [5.74, 6) is 0.538. The lowest BCUT2D eigenvalue weighted by molar-refractivity contribution is -0.137. The van der Waals surface area contributed by atoms with Crippen molar-refractivity contribution < 1.29 is 13.9 Å². The molecule has 0 bridgehead atoms. The summed E-state index contributed by atoms with van der Waals surface area (Å²) in [5, 5.41) is 0.687. The van der Waals surface area contributed by atoms with E-state index in [2.05, 4.69) is 18.2 Å². The van der Waals surface area contributed by atoms with Crippen molar-refractivity contribution in [2.45, 2.75) is 40.2 Å². The van der Waals surface area contributed by atoms with E-state index in [1.807, 2.05) is 28.8 Å². The van der Waals surface area contributed by atoms with Gasteiger partial charge in [-0.25, -0.2) is 14.4 Å². The summed E-state index contributed by atoms with van der Waals surface area (Å²) >= 11 is 0. The Morgan fingerprint density at radius 2 is 1.73 bits per heavy atom. The number of nitrogens with zero attached hydrogens (tertiary/aromatic N) is 4. The van der Waals surface area contributed by atoms with Crippen LogP contribution < -0.4 is 4.74 Å². The molecule has 5 rings (SSSR count). The first-order chi connectivity index (χ1) is 15.8. The number of fused-ring (bicyclic) bond motifs is 5. The van der Waals surface area contributed by atoms with Crippen LogP contribution in [-0.2, 0) is 11.3 Å². The van der Waals surface area contributed by atoms with Crippen LogP contribution >= 0.6 is 0 Å². The average Bonchev–Trinajstić information content (AvgIpc) is 3.33. The molecule has 0 radical (unpaired) electrons. The van der Waals surface area contributed by atoms with Crippen LogP contribution in [0.1, 0.15) is 45.0 Å². The number of aromatic nitrogens is 4. The first-order valence-electron chi connectivity index (χ1n) is 11.1. The number of esters is 1. The lowest BCUT2D eigenvalue weighted by Gasteiger charge is -2.12. The second-order valence-electron chi connectivity index (χ2n) is 8.91. The lowest BCUT2D eigenvalue weighted by atomic mass is 10.2. The second kappa shape index (κ2) is 7.99. The molecule has 33 heavy (non-hydrogen) atoms. The van der Waals surface area contributed by atoms with Gasteiger partial charge in [0, 0.05) is 18.7 Å². The van der Waals surface area contributed by atoms with Crippen molar-refractivity contribution in [2.75, 3.05) is 0 Å². The van der Waals surface area contributed by atoms with Gasteiger partial charge in [-0.05, 0) is 29.8 Å². The van der Waals surface area contributed by atoms with Crippen molar-refractivity contribution in [3.8, 4) is 5.75 Å². The molecule has 3 heterocycles. The van der Waals surface area contributed by atoms with Crippen LogP contribution in [-0.4, -0.2) is 24.9 Å². The number of para-hydroxylation sites is 2. The highest BCUT2D eigenvalue weighted by Crippen LogP contribution is 2.35. The number of benzene rings is 2. The molecule has 0 spiro atoms. The number of carbonyl (C=O) groups is 1. The minimum absolute atomic E-state index is 0.130. The fourth-order valence-electron chi connectivity index (χ4n) is 4.03. The van der Waals surface area contributed by atoms with Crippen LogP contribution in [0, 0.1) is 11.7 Å². The number of ether oxygens (including phenoxy) is 1. The normalized spacial score (nSPS) is 12.0. The maximum absolute atomic E-state index is 13.4. The summed E-state index contributed by atoms with van der Waals surface area (Å²) in [6.07, 6.45) is 1.80. The molecule has 6 nitrogen and oxygen atoms in total. The number of rotatable bonds is 5. The third-order valence-electron chi connectivity index (χ3n) is 5.71. The molecule has 7 heteroatoms. The lowest BCUT2D eigenvalue weighted by Crippen LogP contribution is -2.14. The van der Waals surface area contributed by atoms with Crippen LogP contribution in [0.5, 0.6) is 5.75 Å². The average molecular weight is 445 g/mol. The molecule has 2 aromatic carbocycles. The van der Waals surface area contributed by atoms with Crippen LogP contribution in [0.15, 0.2) is 54.7 Å². The maximum Gasteiger partial charge on any atom is 0.313 e. The Morgan fingerprint density at radius 1 is 1.00 bits per heavy atom. The number of hydrogen-bond donors (Lipinski definition) is 0. The molecule has 0 aliphatic rings. The third kappa shape index (κ3) is 3.63. The first-order valence-corrected chi connectivity index (χ1v) is 11.1. The molecule has 5 aromatic rings. The molecular formula is C26H25FN4O2. The Morgan fingerprint density at radius 3 is 2.42 bits per heavy atom. The van der Waals surface area contributed by atoms with E-state index in [1.54, 1.807) is 32.2 Å². The smallest absolute Gasteiger partial charge is 0.313 e. The second-order valence-corrected chi connectivity index (χ2v) is 8.91. The Balaban J connectivity index is 1.82. The summed E-state index contributed by atoms with van der Waals surface area (Å²) in [6, 6.07) is 14.3. The van der Waals surface area contributed by atoms with Crippen LogP contribution in [0.4, 0.5) is 4.39 Å². The summed E-state index contributed by atoms with van der Waals surface area (Å²) < 4.78 is 23.2. The fourth-order valence-corrected chi connectivity index (χ4v) is 4.03. The highest BCUT2D eigenvalue weighted by Gasteiger charge is 2.24. The molecule has 0 saturated carbocycles. The van der Waals surface area contributed by atoms with Gasteiger partial charge in [-0.15, -0.1) is 0 Å². The van der Waals surface area contributed by atoms with Crippen molar-refractivity contribution >= 4 is 33.7 Å². The van der Waals surface area contributed by atoms with E-state index in [9.17, 15) is 9.18 Å². The molecule has 0 atom stereocenters. The van der Waals surface area contributed by atoms with E-state index in [4.69, 9.17) is 14.7 Å². The van der Waals surface area contributed by atoms with Gasteiger partial charge in [-0.1, -0.05) is 52.0 Å². The van der Waals surface area contributed by atoms with E-state index >= 15 is 0 Å². The zero-order chi connectivity index (χ0) is 23.3. The van der Waals surface area contributed by atoms with Gasteiger partial charge in [0.05, 0.1) is 17.0 Å². The zero-order valence-corrected chi connectivity index (χ0v) is 19.0. The molecular weight excluding hydrogens is 419 g/mol. The minimum Gasteiger partial charge on any atom is -0.424 e. The Labute approximate surface area is 190 Å². The van der Waals surface area contributed by atoms with E-state index in [1.165, 1.54) is 12.1 Å². The molecule has 0 unspecified atom stereocenters. The largest absolute Gasteiger partial charge is 0.424 e. The van der Waals surface area contributed by atoms with Gasteiger partial charge >= 0.3 is 5.97 Å². The van der Waals surface area contributed by atoms with Gasteiger partial charge in [0.1, 0.15) is 22.7 Å². The highest BCUT2D eigenvalue weighted by atomic mass is 19.1. The first kappa shape index (κ1) is 21.1. The topological polar surface area (TPSA) is 61.4 Å². The Hall–Kier alpha value is -3.74. The van der Waals surface area contributed by atoms with Crippen molar-refractivity contribution in [2.24, 2.45) is 5.92 Å². The number of carbonyl (C=O) groups excluding carboxylic acids is 1. The highest BCUT2D eigenvalue weighted by molar-refractivity contribution is 6.01. The van der Waals surface area contributed by atoms with Gasteiger partial charge in [-0.2, -0.15) is 0 Å². The molecule has 168 valence electrons. The molecule has 0 aliphatic carbocycles. The van der Waals surface area contributed by atoms with Crippen molar-refractivity contribution in [1.29, 1.82) is 0 Å². The van der Waals surface area contributed by atoms with Gasteiger partial charge < -0.3 is 9.30 Å². The van der Waals surface area contributed by atoms with Gasteiger partial charge in [0.2, 0.25) is 0 Å².